The SMILES string of the molecule is C[C@H](NC(=S)N1CCN(Cc2ccc(F)cc2Cl)CC1)c1ccccc1. The maximum atomic E-state index is 13.2. The first-order chi connectivity index (χ1) is 12.5. The maximum absolute atomic E-state index is 13.2. The van der Waals surface area contributed by atoms with Crippen molar-refractivity contribution in [3.05, 3.63) is 70.5 Å². The quantitative estimate of drug-likeness (QED) is 0.785. The molecule has 0 aliphatic carbocycles. The zero-order valence-corrected chi connectivity index (χ0v) is 16.4. The molecule has 1 heterocycles. The standard InChI is InChI=1S/C20H23ClFN3S/c1-15(16-5-3-2-4-6-16)23-20(26)25-11-9-24(10-12-25)14-17-7-8-18(22)13-19(17)21/h2-8,13,15H,9-12,14H2,1H3,(H,23,26)/t15-/m0/s1. The summed E-state index contributed by atoms with van der Waals surface area (Å²) in [5, 5.41) is 4.70. The molecule has 0 unspecified atom stereocenters. The topological polar surface area (TPSA) is 18.5 Å². The Morgan fingerprint density at radius 1 is 1.15 bits per heavy atom. The van der Waals surface area contributed by atoms with Gasteiger partial charge in [-0.15, -0.1) is 0 Å². The van der Waals surface area contributed by atoms with Crippen LogP contribution in [0.4, 0.5) is 4.39 Å². The van der Waals surface area contributed by atoms with Gasteiger partial charge < -0.3 is 10.2 Å². The number of halogens is 2. The molecule has 0 amide bonds. The molecule has 138 valence electrons. The summed E-state index contributed by atoms with van der Waals surface area (Å²) in [6, 6.07) is 15.1. The van der Waals surface area contributed by atoms with Crippen LogP contribution < -0.4 is 5.32 Å². The van der Waals surface area contributed by atoms with Crippen LogP contribution in [-0.4, -0.2) is 41.1 Å². The fraction of sp³-hybridized carbons (Fsp3) is 0.350. The van der Waals surface area contributed by atoms with Gasteiger partial charge in [-0.05, 0) is 42.4 Å². The number of benzene rings is 2. The Labute approximate surface area is 164 Å². The molecule has 1 aliphatic rings. The summed E-state index contributed by atoms with van der Waals surface area (Å²) in [7, 11) is 0. The second-order valence-electron chi connectivity index (χ2n) is 6.58. The smallest absolute Gasteiger partial charge is 0.169 e. The third-order valence-corrected chi connectivity index (χ3v) is 5.44. The second kappa shape index (κ2) is 8.80. The molecule has 1 atom stereocenters. The Balaban J connectivity index is 1.49. The molecule has 1 fully saturated rings. The molecule has 0 bridgehead atoms. The zero-order chi connectivity index (χ0) is 18.5. The van der Waals surface area contributed by atoms with Gasteiger partial charge in [0.05, 0.1) is 6.04 Å². The summed E-state index contributed by atoms with van der Waals surface area (Å²) in [5.74, 6) is -0.299. The molecular formula is C20H23ClFN3S. The minimum absolute atomic E-state index is 0.180. The highest BCUT2D eigenvalue weighted by Crippen LogP contribution is 2.20. The van der Waals surface area contributed by atoms with Gasteiger partial charge in [0, 0.05) is 37.7 Å². The van der Waals surface area contributed by atoms with E-state index in [-0.39, 0.29) is 11.9 Å². The van der Waals surface area contributed by atoms with E-state index in [1.165, 1.54) is 17.7 Å². The number of thiocarbonyl (C=S) groups is 1. The lowest BCUT2D eigenvalue weighted by Crippen LogP contribution is -2.51. The van der Waals surface area contributed by atoms with Gasteiger partial charge in [-0.25, -0.2) is 4.39 Å². The van der Waals surface area contributed by atoms with Crippen molar-refractivity contribution in [2.75, 3.05) is 26.2 Å². The van der Waals surface area contributed by atoms with Crippen LogP contribution in [0.15, 0.2) is 48.5 Å². The Bertz CT molecular complexity index is 748. The molecule has 0 radical (unpaired) electrons. The van der Waals surface area contributed by atoms with Gasteiger partial charge >= 0.3 is 0 Å². The molecule has 0 spiro atoms. The predicted octanol–water partition coefficient (Wildman–Crippen LogP) is 4.23. The number of piperazine rings is 1. The average Bonchev–Trinajstić information content (AvgIpc) is 2.65. The molecule has 1 N–H and O–H groups in total. The van der Waals surface area contributed by atoms with E-state index < -0.39 is 0 Å². The fourth-order valence-electron chi connectivity index (χ4n) is 3.10. The Kier molecular flexibility index (Phi) is 6.46. The summed E-state index contributed by atoms with van der Waals surface area (Å²) >= 11 is 11.7. The number of nitrogens with zero attached hydrogens (tertiary/aromatic N) is 2. The van der Waals surface area contributed by atoms with E-state index >= 15 is 0 Å². The molecule has 0 aromatic heterocycles. The molecule has 26 heavy (non-hydrogen) atoms. The molecule has 0 saturated carbocycles. The summed E-state index contributed by atoms with van der Waals surface area (Å²) in [6.45, 7) is 6.38. The zero-order valence-electron chi connectivity index (χ0n) is 14.8. The fourth-order valence-corrected chi connectivity index (χ4v) is 3.69. The lowest BCUT2D eigenvalue weighted by Gasteiger charge is -2.37. The van der Waals surface area contributed by atoms with Crippen LogP contribution in [0, 0.1) is 5.82 Å². The van der Waals surface area contributed by atoms with Crippen LogP contribution >= 0.6 is 23.8 Å². The summed E-state index contributed by atoms with van der Waals surface area (Å²) in [4.78, 5) is 4.52. The van der Waals surface area contributed by atoms with Crippen LogP contribution in [0.2, 0.25) is 5.02 Å². The summed E-state index contributed by atoms with van der Waals surface area (Å²) < 4.78 is 13.2. The Morgan fingerprint density at radius 3 is 2.50 bits per heavy atom. The second-order valence-corrected chi connectivity index (χ2v) is 7.37. The first kappa shape index (κ1) is 19.1. The van der Waals surface area contributed by atoms with E-state index in [1.807, 2.05) is 18.2 Å². The van der Waals surface area contributed by atoms with E-state index in [1.54, 1.807) is 6.07 Å². The van der Waals surface area contributed by atoms with Crippen molar-refractivity contribution in [1.29, 1.82) is 0 Å². The number of hydrogen-bond acceptors (Lipinski definition) is 2. The summed E-state index contributed by atoms with van der Waals surface area (Å²) in [5.41, 5.74) is 2.18. The van der Waals surface area contributed by atoms with Gasteiger partial charge in [0.25, 0.3) is 0 Å². The van der Waals surface area contributed by atoms with Gasteiger partial charge in [0.1, 0.15) is 5.82 Å². The normalized spacial score (nSPS) is 16.3. The van der Waals surface area contributed by atoms with Crippen LogP contribution in [-0.2, 0) is 6.54 Å². The Hall–Kier alpha value is -1.69. The molecule has 6 heteroatoms. The average molecular weight is 392 g/mol. The van der Waals surface area contributed by atoms with Crippen LogP contribution in [0.5, 0.6) is 0 Å². The van der Waals surface area contributed by atoms with E-state index in [0.717, 1.165) is 43.4 Å². The van der Waals surface area contributed by atoms with E-state index in [4.69, 9.17) is 23.8 Å². The third-order valence-electron chi connectivity index (χ3n) is 4.71. The minimum atomic E-state index is -0.299. The minimum Gasteiger partial charge on any atom is -0.356 e. The molecule has 2 aromatic rings. The van der Waals surface area contributed by atoms with E-state index in [0.29, 0.717) is 5.02 Å². The van der Waals surface area contributed by atoms with Crippen molar-refractivity contribution in [2.45, 2.75) is 19.5 Å². The number of nitrogens with one attached hydrogen (secondary N) is 1. The maximum Gasteiger partial charge on any atom is 0.169 e. The van der Waals surface area contributed by atoms with Crippen molar-refractivity contribution in [3.8, 4) is 0 Å². The van der Waals surface area contributed by atoms with Crippen molar-refractivity contribution < 1.29 is 4.39 Å². The molecule has 3 rings (SSSR count). The van der Waals surface area contributed by atoms with Crippen molar-refractivity contribution in [1.82, 2.24) is 15.1 Å². The van der Waals surface area contributed by atoms with Crippen molar-refractivity contribution in [2.24, 2.45) is 0 Å². The first-order valence-corrected chi connectivity index (χ1v) is 9.58. The van der Waals surface area contributed by atoms with Crippen LogP contribution in [0.25, 0.3) is 0 Å². The van der Waals surface area contributed by atoms with E-state index in [9.17, 15) is 4.39 Å². The highest BCUT2D eigenvalue weighted by molar-refractivity contribution is 7.80. The van der Waals surface area contributed by atoms with Gasteiger partial charge in [-0.1, -0.05) is 48.0 Å². The molecule has 3 nitrogen and oxygen atoms in total. The lowest BCUT2D eigenvalue weighted by atomic mass is 10.1. The van der Waals surface area contributed by atoms with Crippen LogP contribution in [0.1, 0.15) is 24.1 Å². The highest BCUT2D eigenvalue weighted by atomic mass is 35.5. The molecular weight excluding hydrogens is 369 g/mol. The van der Waals surface area contributed by atoms with E-state index in [2.05, 4.69) is 34.2 Å². The number of rotatable bonds is 4. The van der Waals surface area contributed by atoms with Crippen molar-refractivity contribution in [3.63, 3.8) is 0 Å². The highest BCUT2D eigenvalue weighted by Gasteiger charge is 2.20. The molecule has 1 aliphatic heterocycles. The van der Waals surface area contributed by atoms with Gasteiger partial charge in [0.15, 0.2) is 5.11 Å². The van der Waals surface area contributed by atoms with Crippen LogP contribution in [0.3, 0.4) is 0 Å². The van der Waals surface area contributed by atoms with Gasteiger partial charge in [-0.3, -0.25) is 4.90 Å². The summed E-state index contributed by atoms with van der Waals surface area (Å²) in [6.07, 6.45) is 0. The Morgan fingerprint density at radius 2 is 1.85 bits per heavy atom. The van der Waals surface area contributed by atoms with Gasteiger partial charge in [0.2, 0.25) is 0 Å². The van der Waals surface area contributed by atoms with Crippen molar-refractivity contribution >= 4 is 28.9 Å². The predicted molar refractivity (Wildman–Crippen MR) is 109 cm³/mol. The lowest BCUT2D eigenvalue weighted by molar-refractivity contribution is 0.174. The molecule has 1 saturated heterocycles. The monoisotopic (exact) mass is 391 g/mol. The molecule has 2 aromatic carbocycles. The van der Waals surface area contributed by atoms with Gasteiger partial charge in [-0.2, -0.15) is 0 Å². The number of hydrogen-bond donors (Lipinski definition) is 1. The first-order valence-electron chi connectivity index (χ1n) is 8.79. The largest absolute Gasteiger partial charge is 0.356 e. The third kappa shape index (κ3) is 4.93.